The van der Waals surface area contributed by atoms with Crippen molar-refractivity contribution in [3.8, 4) is 0 Å². The van der Waals surface area contributed by atoms with E-state index in [1.54, 1.807) is 12.4 Å². The lowest BCUT2D eigenvalue weighted by atomic mass is 9.77. The zero-order valence-corrected chi connectivity index (χ0v) is 12.7. The Kier molecular flexibility index (Phi) is 5.43. The van der Waals surface area contributed by atoms with Crippen LogP contribution in [0.1, 0.15) is 32.6 Å². The Bertz CT molecular complexity index is 441. The van der Waals surface area contributed by atoms with Crippen molar-refractivity contribution in [2.24, 2.45) is 5.92 Å². The van der Waals surface area contributed by atoms with Gasteiger partial charge in [-0.2, -0.15) is 0 Å². The van der Waals surface area contributed by atoms with Gasteiger partial charge in [0.2, 0.25) is 5.91 Å². The van der Waals surface area contributed by atoms with Gasteiger partial charge in [0.25, 0.3) is 0 Å². The van der Waals surface area contributed by atoms with Crippen LogP contribution in [0.25, 0.3) is 0 Å². The maximum absolute atomic E-state index is 12.1. The van der Waals surface area contributed by atoms with E-state index in [1.165, 1.54) is 18.2 Å². The second-order valence-electron chi connectivity index (χ2n) is 5.66. The number of carbonyl (C=O) groups excluding carboxylic acids is 1. The smallest absolute Gasteiger partial charge is 0.230 e. The van der Waals surface area contributed by atoms with E-state index < -0.39 is 5.54 Å². The molecule has 0 aromatic carbocycles. The average molecular weight is 294 g/mol. The first-order chi connectivity index (χ1) is 9.63. The highest BCUT2D eigenvalue weighted by Gasteiger charge is 2.35. The molecule has 2 unspecified atom stereocenters. The second kappa shape index (κ2) is 7.09. The van der Waals surface area contributed by atoms with Gasteiger partial charge in [-0.3, -0.25) is 9.78 Å². The second-order valence-corrected chi connectivity index (χ2v) is 6.71. The van der Waals surface area contributed by atoms with Crippen LogP contribution in [0.2, 0.25) is 0 Å². The first-order valence-corrected chi connectivity index (χ1v) is 8.07. The van der Waals surface area contributed by atoms with E-state index >= 15 is 0 Å². The molecule has 0 saturated heterocycles. The lowest BCUT2D eigenvalue weighted by Gasteiger charge is -2.39. The van der Waals surface area contributed by atoms with Crippen LogP contribution in [0.3, 0.4) is 0 Å². The third-order valence-corrected chi connectivity index (χ3v) is 4.83. The van der Waals surface area contributed by atoms with Gasteiger partial charge < -0.3 is 10.4 Å². The molecular formula is C15H22N2O2S. The highest BCUT2D eigenvalue weighted by atomic mass is 32.2. The predicted molar refractivity (Wildman–Crippen MR) is 80.6 cm³/mol. The minimum absolute atomic E-state index is 0.00466. The number of aliphatic hydroxyl groups excluding tert-OH is 1. The van der Waals surface area contributed by atoms with Gasteiger partial charge in [-0.1, -0.05) is 19.8 Å². The van der Waals surface area contributed by atoms with Gasteiger partial charge in [-0.05, 0) is 30.9 Å². The monoisotopic (exact) mass is 294 g/mol. The van der Waals surface area contributed by atoms with E-state index in [-0.39, 0.29) is 12.5 Å². The number of aliphatic hydroxyl groups is 1. The quantitative estimate of drug-likeness (QED) is 0.818. The minimum Gasteiger partial charge on any atom is -0.394 e. The molecule has 2 atom stereocenters. The summed E-state index contributed by atoms with van der Waals surface area (Å²) in [5.41, 5.74) is -0.409. The molecule has 110 valence electrons. The first kappa shape index (κ1) is 15.3. The van der Waals surface area contributed by atoms with Gasteiger partial charge in [0.05, 0.1) is 17.9 Å². The largest absolute Gasteiger partial charge is 0.394 e. The van der Waals surface area contributed by atoms with Crippen molar-refractivity contribution in [3.05, 3.63) is 24.5 Å². The molecule has 5 heteroatoms. The number of amides is 1. The van der Waals surface area contributed by atoms with Crippen LogP contribution in [0.15, 0.2) is 29.4 Å². The molecule has 1 aliphatic rings. The van der Waals surface area contributed by atoms with Crippen molar-refractivity contribution < 1.29 is 9.90 Å². The Morgan fingerprint density at radius 1 is 1.55 bits per heavy atom. The summed E-state index contributed by atoms with van der Waals surface area (Å²) in [6, 6.07) is 3.78. The third-order valence-electron chi connectivity index (χ3n) is 3.82. The van der Waals surface area contributed by atoms with E-state index in [0.717, 1.165) is 24.2 Å². The number of pyridine rings is 1. The summed E-state index contributed by atoms with van der Waals surface area (Å²) in [4.78, 5) is 17.1. The fourth-order valence-electron chi connectivity index (χ4n) is 2.87. The standard InChI is InChI=1S/C15H22N2O2S/c1-12-3-2-6-15(9-12,11-18)17-14(19)10-20-13-4-7-16-8-5-13/h4-5,7-8,12,18H,2-3,6,9-11H2,1H3,(H,17,19). The van der Waals surface area contributed by atoms with Crippen molar-refractivity contribution in [3.63, 3.8) is 0 Å². The molecule has 0 spiro atoms. The van der Waals surface area contributed by atoms with Gasteiger partial charge in [0.1, 0.15) is 0 Å². The maximum atomic E-state index is 12.1. The summed E-state index contributed by atoms with van der Waals surface area (Å²) in [5.74, 6) is 0.930. The summed E-state index contributed by atoms with van der Waals surface area (Å²) >= 11 is 1.49. The van der Waals surface area contributed by atoms with Gasteiger partial charge in [0, 0.05) is 17.3 Å². The fourth-order valence-corrected chi connectivity index (χ4v) is 3.56. The topological polar surface area (TPSA) is 62.2 Å². The molecule has 1 aromatic rings. The van der Waals surface area contributed by atoms with Gasteiger partial charge in [-0.25, -0.2) is 0 Å². The molecule has 1 fully saturated rings. The van der Waals surface area contributed by atoms with Crippen molar-refractivity contribution in [2.45, 2.75) is 43.0 Å². The van der Waals surface area contributed by atoms with Crippen LogP contribution >= 0.6 is 11.8 Å². The number of rotatable bonds is 5. The molecular weight excluding hydrogens is 272 g/mol. The molecule has 2 rings (SSSR count). The summed E-state index contributed by atoms with van der Waals surface area (Å²) in [7, 11) is 0. The average Bonchev–Trinajstić information content (AvgIpc) is 2.46. The molecule has 0 aliphatic heterocycles. The molecule has 0 bridgehead atoms. The summed E-state index contributed by atoms with van der Waals surface area (Å²) in [6.07, 6.45) is 7.44. The lowest BCUT2D eigenvalue weighted by molar-refractivity contribution is -0.121. The van der Waals surface area contributed by atoms with Crippen LogP contribution in [0.5, 0.6) is 0 Å². The number of nitrogens with zero attached hydrogens (tertiary/aromatic N) is 1. The number of hydrogen-bond acceptors (Lipinski definition) is 4. The predicted octanol–water partition coefficient (Wildman–Crippen LogP) is 2.23. The Hall–Kier alpha value is -1.07. The molecule has 2 N–H and O–H groups in total. The van der Waals surface area contributed by atoms with Crippen LogP contribution < -0.4 is 5.32 Å². The maximum Gasteiger partial charge on any atom is 0.230 e. The number of hydrogen-bond donors (Lipinski definition) is 2. The van der Waals surface area contributed by atoms with Gasteiger partial charge >= 0.3 is 0 Å². The van der Waals surface area contributed by atoms with Crippen molar-refractivity contribution in [1.82, 2.24) is 10.3 Å². The van der Waals surface area contributed by atoms with Crippen molar-refractivity contribution in [1.29, 1.82) is 0 Å². The molecule has 4 nitrogen and oxygen atoms in total. The number of nitrogens with one attached hydrogen (secondary N) is 1. The van der Waals surface area contributed by atoms with Crippen molar-refractivity contribution >= 4 is 17.7 Å². The van der Waals surface area contributed by atoms with Crippen molar-refractivity contribution in [2.75, 3.05) is 12.4 Å². The summed E-state index contributed by atoms with van der Waals surface area (Å²) in [6.45, 7) is 2.21. The Morgan fingerprint density at radius 2 is 2.30 bits per heavy atom. The lowest BCUT2D eigenvalue weighted by Crippen LogP contribution is -2.54. The van der Waals surface area contributed by atoms with E-state index in [9.17, 15) is 9.90 Å². The van der Waals surface area contributed by atoms with Gasteiger partial charge in [0.15, 0.2) is 0 Å². The molecule has 1 aromatic heterocycles. The highest BCUT2D eigenvalue weighted by Crippen LogP contribution is 2.32. The van der Waals surface area contributed by atoms with Crippen LogP contribution in [0, 0.1) is 5.92 Å². The molecule has 1 heterocycles. The summed E-state index contributed by atoms with van der Waals surface area (Å²) in [5, 5.41) is 12.7. The number of thioether (sulfide) groups is 1. The van der Waals surface area contributed by atoms with E-state index in [1.807, 2.05) is 12.1 Å². The van der Waals surface area contributed by atoms with Crippen LogP contribution in [-0.4, -0.2) is 33.9 Å². The zero-order valence-electron chi connectivity index (χ0n) is 11.8. The Morgan fingerprint density at radius 3 is 2.95 bits per heavy atom. The van der Waals surface area contributed by atoms with E-state index in [2.05, 4.69) is 17.2 Å². The van der Waals surface area contributed by atoms with Gasteiger partial charge in [-0.15, -0.1) is 11.8 Å². The number of carbonyl (C=O) groups is 1. The fraction of sp³-hybridized carbons (Fsp3) is 0.600. The van der Waals surface area contributed by atoms with Crippen LogP contribution in [-0.2, 0) is 4.79 Å². The minimum atomic E-state index is -0.409. The SMILES string of the molecule is CC1CCCC(CO)(NC(=O)CSc2ccncc2)C1. The molecule has 1 amide bonds. The molecule has 1 aliphatic carbocycles. The Balaban J connectivity index is 1.86. The summed E-state index contributed by atoms with van der Waals surface area (Å²) < 4.78 is 0. The highest BCUT2D eigenvalue weighted by molar-refractivity contribution is 8.00. The van der Waals surface area contributed by atoms with E-state index in [4.69, 9.17) is 0 Å². The molecule has 20 heavy (non-hydrogen) atoms. The zero-order chi connectivity index (χ0) is 14.4. The third kappa shape index (κ3) is 4.21. The molecule has 0 radical (unpaired) electrons. The Labute approximate surface area is 124 Å². The van der Waals surface area contributed by atoms with Crippen LogP contribution in [0.4, 0.5) is 0 Å². The first-order valence-electron chi connectivity index (χ1n) is 7.08. The van der Waals surface area contributed by atoms with E-state index in [0.29, 0.717) is 11.7 Å². The number of aromatic nitrogens is 1. The normalized spacial score (nSPS) is 26.2. The molecule has 1 saturated carbocycles.